The molecule has 34 heavy (non-hydrogen) atoms. The van der Waals surface area contributed by atoms with Crippen molar-refractivity contribution in [2.24, 2.45) is 0 Å². The standard InChI is InChI=1S/C21H25F2N3O6S2/c1-33(28,29)26(20-9-4-16(22)14-19(20)23)15-21(27)24-10-13-32-17-5-7-18(8-6-17)34(30,31)25-11-2-3-12-25/h4-9,14H,2-3,10-13,15H2,1H3,(H,24,27). The van der Waals surface area contributed by atoms with Crippen molar-refractivity contribution in [3.05, 3.63) is 54.1 Å². The van der Waals surface area contributed by atoms with Crippen molar-refractivity contribution in [1.82, 2.24) is 9.62 Å². The van der Waals surface area contributed by atoms with Gasteiger partial charge in [-0.25, -0.2) is 25.6 Å². The van der Waals surface area contributed by atoms with Gasteiger partial charge in [-0.1, -0.05) is 0 Å². The van der Waals surface area contributed by atoms with Crippen molar-refractivity contribution in [1.29, 1.82) is 0 Å². The zero-order chi connectivity index (χ0) is 24.9. The van der Waals surface area contributed by atoms with E-state index >= 15 is 0 Å². The third kappa shape index (κ3) is 6.42. The first-order valence-corrected chi connectivity index (χ1v) is 13.7. The van der Waals surface area contributed by atoms with Gasteiger partial charge in [0, 0.05) is 19.2 Å². The predicted molar refractivity (Wildman–Crippen MR) is 121 cm³/mol. The molecule has 2 aromatic rings. The van der Waals surface area contributed by atoms with Gasteiger partial charge < -0.3 is 10.1 Å². The number of carbonyl (C=O) groups excluding carboxylic acids is 1. The maximum Gasteiger partial charge on any atom is 0.243 e. The topological polar surface area (TPSA) is 113 Å². The van der Waals surface area contributed by atoms with Crippen LogP contribution in [0.25, 0.3) is 0 Å². The predicted octanol–water partition coefficient (Wildman–Crippen LogP) is 1.71. The second kappa shape index (κ2) is 10.7. The van der Waals surface area contributed by atoms with Crippen molar-refractivity contribution in [3.8, 4) is 5.75 Å². The zero-order valence-electron chi connectivity index (χ0n) is 18.4. The normalized spacial score (nSPS) is 14.7. The second-order valence-corrected chi connectivity index (χ2v) is 11.5. The zero-order valence-corrected chi connectivity index (χ0v) is 20.0. The minimum atomic E-state index is -4.02. The molecular formula is C21H25F2N3O6S2. The van der Waals surface area contributed by atoms with E-state index in [1.165, 1.54) is 28.6 Å². The molecule has 1 N–H and O–H groups in total. The van der Waals surface area contributed by atoms with Gasteiger partial charge in [-0.05, 0) is 49.2 Å². The molecule has 1 heterocycles. The van der Waals surface area contributed by atoms with E-state index < -0.39 is 49.8 Å². The number of anilines is 1. The van der Waals surface area contributed by atoms with Crippen molar-refractivity contribution in [2.45, 2.75) is 17.7 Å². The lowest BCUT2D eigenvalue weighted by Crippen LogP contribution is -2.41. The number of ether oxygens (including phenoxy) is 1. The number of hydrogen-bond acceptors (Lipinski definition) is 6. The third-order valence-corrected chi connectivity index (χ3v) is 8.12. The van der Waals surface area contributed by atoms with Gasteiger partial charge in [0.15, 0.2) is 0 Å². The summed E-state index contributed by atoms with van der Waals surface area (Å²) in [5, 5.41) is 2.46. The lowest BCUT2D eigenvalue weighted by molar-refractivity contribution is -0.119. The summed E-state index contributed by atoms with van der Waals surface area (Å²) < 4.78 is 83.7. The fourth-order valence-corrected chi connectivity index (χ4v) is 5.77. The quantitative estimate of drug-likeness (QED) is 0.480. The first-order valence-electron chi connectivity index (χ1n) is 10.4. The molecule has 186 valence electrons. The van der Waals surface area contributed by atoms with Crippen LogP contribution in [-0.2, 0) is 24.8 Å². The molecule has 0 aromatic heterocycles. The van der Waals surface area contributed by atoms with Gasteiger partial charge in [-0.3, -0.25) is 9.10 Å². The maximum atomic E-state index is 14.0. The molecule has 0 spiro atoms. The van der Waals surface area contributed by atoms with Gasteiger partial charge in [-0.2, -0.15) is 4.31 Å². The van der Waals surface area contributed by atoms with Crippen LogP contribution in [-0.4, -0.2) is 66.1 Å². The minimum Gasteiger partial charge on any atom is -0.492 e. The summed E-state index contributed by atoms with van der Waals surface area (Å²) in [4.78, 5) is 12.4. The number of rotatable bonds is 10. The highest BCUT2D eigenvalue weighted by Gasteiger charge is 2.27. The molecule has 0 atom stereocenters. The Morgan fingerprint density at radius 1 is 1.06 bits per heavy atom. The lowest BCUT2D eigenvalue weighted by Gasteiger charge is -2.22. The summed E-state index contributed by atoms with van der Waals surface area (Å²) in [5.41, 5.74) is -0.445. The number of hydrogen-bond donors (Lipinski definition) is 1. The Labute approximate surface area is 197 Å². The molecule has 0 saturated carbocycles. The van der Waals surface area contributed by atoms with Crippen molar-refractivity contribution in [2.75, 3.05) is 43.3 Å². The number of amides is 1. The van der Waals surface area contributed by atoms with E-state index in [-0.39, 0.29) is 18.0 Å². The second-order valence-electron chi connectivity index (χ2n) is 7.65. The summed E-state index contributed by atoms with van der Waals surface area (Å²) in [6.07, 6.45) is 2.49. The average Bonchev–Trinajstić information content (AvgIpc) is 3.31. The first kappa shape index (κ1) is 25.8. The molecule has 1 aliphatic heterocycles. The molecule has 1 saturated heterocycles. The van der Waals surface area contributed by atoms with Crippen LogP contribution in [0.4, 0.5) is 14.5 Å². The minimum absolute atomic E-state index is 0.0101. The van der Waals surface area contributed by atoms with Crippen LogP contribution >= 0.6 is 0 Å². The van der Waals surface area contributed by atoms with Gasteiger partial charge in [-0.15, -0.1) is 0 Å². The Morgan fingerprint density at radius 3 is 2.29 bits per heavy atom. The summed E-state index contributed by atoms with van der Waals surface area (Å²) in [5.74, 6) is -2.32. The van der Waals surface area contributed by atoms with Crippen LogP contribution in [0.1, 0.15) is 12.8 Å². The fourth-order valence-electron chi connectivity index (χ4n) is 3.40. The molecular weight excluding hydrogens is 492 g/mol. The Hall–Kier alpha value is -2.77. The van der Waals surface area contributed by atoms with Crippen LogP contribution in [0, 0.1) is 11.6 Å². The van der Waals surface area contributed by atoms with E-state index in [1.54, 1.807) is 0 Å². The highest BCUT2D eigenvalue weighted by atomic mass is 32.2. The number of sulfonamides is 2. The number of nitrogens with zero attached hydrogens (tertiary/aromatic N) is 2. The summed E-state index contributed by atoms with van der Waals surface area (Å²) in [7, 11) is -7.54. The molecule has 9 nitrogen and oxygen atoms in total. The van der Waals surface area contributed by atoms with Gasteiger partial charge in [0.25, 0.3) is 0 Å². The summed E-state index contributed by atoms with van der Waals surface area (Å²) in [6.45, 7) is 0.337. The van der Waals surface area contributed by atoms with E-state index in [9.17, 15) is 30.4 Å². The third-order valence-electron chi connectivity index (χ3n) is 5.09. The Bertz CT molecular complexity index is 1230. The fraction of sp³-hybridized carbons (Fsp3) is 0.381. The van der Waals surface area contributed by atoms with Gasteiger partial charge >= 0.3 is 0 Å². The van der Waals surface area contributed by atoms with Crippen LogP contribution in [0.3, 0.4) is 0 Å². The van der Waals surface area contributed by atoms with E-state index in [0.717, 1.165) is 31.2 Å². The van der Waals surface area contributed by atoms with Crippen molar-refractivity contribution >= 4 is 31.6 Å². The van der Waals surface area contributed by atoms with Crippen LogP contribution in [0.15, 0.2) is 47.4 Å². The molecule has 1 amide bonds. The number of benzene rings is 2. The molecule has 1 aliphatic rings. The van der Waals surface area contributed by atoms with Gasteiger partial charge in [0.05, 0.1) is 23.4 Å². The van der Waals surface area contributed by atoms with Crippen LogP contribution in [0.2, 0.25) is 0 Å². The molecule has 2 aromatic carbocycles. The molecule has 0 unspecified atom stereocenters. The molecule has 13 heteroatoms. The van der Waals surface area contributed by atoms with Crippen molar-refractivity contribution in [3.63, 3.8) is 0 Å². The van der Waals surface area contributed by atoms with Crippen molar-refractivity contribution < 1.29 is 35.1 Å². The monoisotopic (exact) mass is 517 g/mol. The summed E-state index contributed by atoms with van der Waals surface area (Å²) in [6, 6.07) is 8.27. The maximum absolute atomic E-state index is 14.0. The number of carbonyl (C=O) groups is 1. The number of halogens is 2. The van der Waals surface area contributed by atoms with Crippen LogP contribution in [0.5, 0.6) is 5.75 Å². The largest absolute Gasteiger partial charge is 0.492 e. The highest BCUT2D eigenvalue weighted by Crippen LogP contribution is 2.23. The molecule has 3 rings (SSSR count). The van der Waals surface area contributed by atoms with Gasteiger partial charge in [0.1, 0.15) is 30.5 Å². The first-order chi connectivity index (χ1) is 16.0. The van der Waals surface area contributed by atoms with Gasteiger partial charge in [0.2, 0.25) is 26.0 Å². The molecule has 0 bridgehead atoms. The SMILES string of the molecule is CS(=O)(=O)N(CC(=O)NCCOc1ccc(S(=O)(=O)N2CCCC2)cc1)c1ccc(F)cc1F. The molecule has 0 aliphatic carbocycles. The average molecular weight is 518 g/mol. The highest BCUT2D eigenvalue weighted by molar-refractivity contribution is 7.92. The lowest BCUT2D eigenvalue weighted by atomic mass is 10.3. The Kier molecular flexibility index (Phi) is 8.10. The Morgan fingerprint density at radius 2 is 1.71 bits per heavy atom. The van der Waals surface area contributed by atoms with E-state index in [2.05, 4.69) is 5.32 Å². The Balaban J connectivity index is 1.51. The van der Waals surface area contributed by atoms with Crippen LogP contribution < -0.4 is 14.4 Å². The van der Waals surface area contributed by atoms with E-state index in [4.69, 9.17) is 4.74 Å². The molecule has 1 fully saturated rings. The smallest absolute Gasteiger partial charge is 0.243 e. The van der Waals surface area contributed by atoms with E-state index in [1.807, 2.05) is 0 Å². The molecule has 0 radical (unpaired) electrons. The number of nitrogens with one attached hydrogen (secondary N) is 1. The van der Waals surface area contributed by atoms with E-state index in [0.29, 0.717) is 29.2 Å². The summed E-state index contributed by atoms with van der Waals surface area (Å²) >= 11 is 0.